The molecule has 0 radical (unpaired) electrons. The Morgan fingerprint density at radius 1 is 1.33 bits per heavy atom. The number of benzene rings is 1. The van der Waals surface area contributed by atoms with Crippen LogP contribution >= 0.6 is 0 Å². The van der Waals surface area contributed by atoms with Gasteiger partial charge in [-0.2, -0.15) is 0 Å². The molecule has 2 atom stereocenters. The maximum absolute atomic E-state index is 6.01. The van der Waals surface area contributed by atoms with E-state index >= 15 is 0 Å². The lowest BCUT2D eigenvalue weighted by atomic mass is 9.91. The van der Waals surface area contributed by atoms with E-state index in [4.69, 9.17) is 5.73 Å². The number of nitrogens with one attached hydrogen (secondary N) is 1. The predicted molar refractivity (Wildman–Crippen MR) is 63.9 cm³/mol. The molecule has 1 aromatic rings. The van der Waals surface area contributed by atoms with Crippen LogP contribution in [0.1, 0.15) is 35.6 Å². The number of aryl methyl sites for hydroxylation is 2. The first-order valence-electron chi connectivity index (χ1n) is 5.73. The summed E-state index contributed by atoms with van der Waals surface area (Å²) in [6.45, 7) is 5.36. The van der Waals surface area contributed by atoms with Gasteiger partial charge in [-0.25, -0.2) is 0 Å². The summed E-state index contributed by atoms with van der Waals surface area (Å²) in [7, 11) is 0. The molecule has 2 nitrogen and oxygen atoms in total. The highest BCUT2D eigenvalue weighted by atomic mass is 14.9. The highest BCUT2D eigenvalue weighted by Gasteiger charge is 2.21. The third kappa shape index (κ3) is 2.39. The van der Waals surface area contributed by atoms with E-state index in [-0.39, 0.29) is 0 Å². The highest BCUT2D eigenvalue weighted by Crippen LogP contribution is 2.25. The molecule has 1 aliphatic rings. The fraction of sp³-hybridized carbons (Fsp3) is 0.538. The minimum atomic E-state index is 0.358. The first kappa shape index (κ1) is 10.7. The van der Waals surface area contributed by atoms with Crippen molar-refractivity contribution < 1.29 is 0 Å². The van der Waals surface area contributed by atoms with Crippen molar-refractivity contribution in [1.29, 1.82) is 0 Å². The molecule has 0 aliphatic carbocycles. The van der Waals surface area contributed by atoms with E-state index in [1.165, 1.54) is 16.7 Å². The van der Waals surface area contributed by atoms with Crippen molar-refractivity contribution in [2.24, 2.45) is 5.73 Å². The van der Waals surface area contributed by atoms with E-state index < -0.39 is 0 Å². The summed E-state index contributed by atoms with van der Waals surface area (Å²) < 4.78 is 0. The first-order valence-corrected chi connectivity index (χ1v) is 5.73. The van der Waals surface area contributed by atoms with Gasteiger partial charge in [0.25, 0.3) is 0 Å². The predicted octanol–water partition coefficient (Wildman–Crippen LogP) is 2.06. The molecule has 2 heteroatoms. The van der Waals surface area contributed by atoms with Crippen LogP contribution in [0.25, 0.3) is 0 Å². The maximum Gasteiger partial charge on any atom is 0.0337 e. The molecule has 2 unspecified atom stereocenters. The zero-order chi connectivity index (χ0) is 10.8. The van der Waals surface area contributed by atoms with E-state index in [1.807, 2.05) is 0 Å². The number of rotatable bonds is 1. The molecule has 0 saturated carbocycles. The lowest BCUT2D eigenvalue weighted by Gasteiger charge is -2.29. The Bertz CT molecular complexity index is 346. The Balaban J connectivity index is 2.24. The maximum atomic E-state index is 6.01. The Morgan fingerprint density at radius 3 is 2.87 bits per heavy atom. The van der Waals surface area contributed by atoms with Crippen LogP contribution in [0.4, 0.5) is 0 Å². The Labute approximate surface area is 91.9 Å². The van der Waals surface area contributed by atoms with Crippen molar-refractivity contribution in [1.82, 2.24) is 5.32 Å². The van der Waals surface area contributed by atoms with Crippen LogP contribution < -0.4 is 11.1 Å². The molecular formula is C13H20N2. The quantitative estimate of drug-likeness (QED) is 0.735. The molecule has 1 fully saturated rings. The van der Waals surface area contributed by atoms with Gasteiger partial charge in [-0.05, 0) is 44.4 Å². The number of hydrogen-bond donors (Lipinski definition) is 2. The van der Waals surface area contributed by atoms with Gasteiger partial charge in [0.05, 0.1) is 0 Å². The van der Waals surface area contributed by atoms with Gasteiger partial charge in [0.2, 0.25) is 0 Å². The van der Waals surface area contributed by atoms with Crippen molar-refractivity contribution in [3.63, 3.8) is 0 Å². The highest BCUT2D eigenvalue weighted by molar-refractivity contribution is 5.33. The van der Waals surface area contributed by atoms with E-state index in [0.717, 1.165) is 19.4 Å². The summed E-state index contributed by atoms with van der Waals surface area (Å²) in [6.07, 6.45) is 2.16. The van der Waals surface area contributed by atoms with Crippen molar-refractivity contribution in [2.45, 2.75) is 38.8 Å². The van der Waals surface area contributed by atoms with Crippen molar-refractivity contribution >= 4 is 0 Å². The van der Waals surface area contributed by atoms with Gasteiger partial charge in [0.15, 0.2) is 0 Å². The molecule has 1 aliphatic heterocycles. The van der Waals surface area contributed by atoms with E-state index in [2.05, 4.69) is 37.4 Å². The van der Waals surface area contributed by atoms with Crippen molar-refractivity contribution in [3.05, 3.63) is 34.9 Å². The molecule has 82 valence electrons. The van der Waals surface area contributed by atoms with E-state index in [0.29, 0.717) is 12.1 Å². The average molecular weight is 204 g/mol. The molecule has 0 amide bonds. The van der Waals surface area contributed by atoms with Crippen LogP contribution in [-0.2, 0) is 0 Å². The second kappa shape index (κ2) is 4.33. The van der Waals surface area contributed by atoms with Crippen LogP contribution in [-0.4, -0.2) is 12.6 Å². The van der Waals surface area contributed by atoms with Gasteiger partial charge in [-0.3, -0.25) is 0 Å². The standard InChI is InChI=1S/C13H20N2/c1-9-3-4-10(2)12(7-9)13-8-11(14)5-6-15-13/h3-4,7,11,13,15H,5-6,8,14H2,1-2H3. The van der Waals surface area contributed by atoms with E-state index in [1.54, 1.807) is 0 Å². The molecule has 1 aromatic carbocycles. The summed E-state index contributed by atoms with van der Waals surface area (Å²) in [5, 5.41) is 3.55. The lowest BCUT2D eigenvalue weighted by molar-refractivity contribution is 0.368. The lowest BCUT2D eigenvalue weighted by Crippen LogP contribution is -2.38. The zero-order valence-electron chi connectivity index (χ0n) is 9.59. The fourth-order valence-corrected chi connectivity index (χ4v) is 2.32. The van der Waals surface area contributed by atoms with Crippen LogP contribution in [0.3, 0.4) is 0 Å². The second-order valence-corrected chi connectivity index (χ2v) is 4.65. The van der Waals surface area contributed by atoms with Gasteiger partial charge < -0.3 is 11.1 Å². The Hall–Kier alpha value is -0.860. The second-order valence-electron chi connectivity index (χ2n) is 4.65. The van der Waals surface area contributed by atoms with Crippen molar-refractivity contribution in [2.75, 3.05) is 6.54 Å². The molecule has 1 saturated heterocycles. The van der Waals surface area contributed by atoms with Gasteiger partial charge in [0.1, 0.15) is 0 Å². The van der Waals surface area contributed by atoms with Crippen LogP contribution in [0.5, 0.6) is 0 Å². The van der Waals surface area contributed by atoms with Crippen LogP contribution in [0.15, 0.2) is 18.2 Å². The molecule has 0 bridgehead atoms. The first-order chi connectivity index (χ1) is 7.16. The summed E-state index contributed by atoms with van der Waals surface area (Å²) in [6, 6.07) is 7.46. The minimum absolute atomic E-state index is 0.358. The largest absolute Gasteiger partial charge is 0.328 e. The smallest absolute Gasteiger partial charge is 0.0337 e. The molecule has 1 heterocycles. The summed E-state index contributed by atoms with van der Waals surface area (Å²) in [5.74, 6) is 0. The van der Waals surface area contributed by atoms with Gasteiger partial charge in [-0.15, -0.1) is 0 Å². The van der Waals surface area contributed by atoms with E-state index in [9.17, 15) is 0 Å². The fourth-order valence-electron chi connectivity index (χ4n) is 2.32. The molecular weight excluding hydrogens is 184 g/mol. The van der Waals surface area contributed by atoms with Gasteiger partial charge >= 0.3 is 0 Å². The zero-order valence-corrected chi connectivity index (χ0v) is 9.59. The number of nitrogens with two attached hydrogens (primary N) is 1. The molecule has 2 rings (SSSR count). The monoisotopic (exact) mass is 204 g/mol. The van der Waals surface area contributed by atoms with Crippen molar-refractivity contribution in [3.8, 4) is 0 Å². The molecule has 15 heavy (non-hydrogen) atoms. The minimum Gasteiger partial charge on any atom is -0.328 e. The number of hydrogen-bond acceptors (Lipinski definition) is 2. The molecule has 3 N–H and O–H groups in total. The summed E-state index contributed by atoms with van der Waals surface area (Å²) in [4.78, 5) is 0. The Kier molecular flexibility index (Phi) is 3.08. The summed E-state index contributed by atoms with van der Waals surface area (Å²) in [5.41, 5.74) is 10.1. The Morgan fingerprint density at radius 2 is 2.13 bits per heavy atom. The molecule has 0 spiro atoms. The molecule has 0 aromatic heterocycles. The summed E-state index contributed by atoms with van der Waals surface area (Å²) >= 11 is 0. The SMILES string of the molecule is Cc1ccc(C)c(C2CC(N)CCN2)c1. The van der Waals surface area contributed by atoms with Crippen LogP contribution in [0, 0.1) is 13.8 Å². The average Bonchev–Trinajstić information content (AvgIpc) is 2.22. The third-order valence-electron chi connectivity index (χ3n) is 3.25. The van der Waals surface area contributed by atoms with Gasteiger partial charge in [0, 0.05) is 12.1 Å². The van der Waals surface area contributed by atoms with Gasteiger partial charge in [-0.1, -0.05) is 23.8 Å². The normalized spacial score (nSPS) is 26.6. The topological polar surface area (TPSA) is 38.0 Å². The third-order valence-corrected chi connectivity index (χ3v) is 3.25. The van der Waals surface area contributed by atoms with Crippen LogP contribution in [0.2, 0.25) is 0 Å². The number of piperidine rings is 1.